The fourth-order valence-electron chi connectivity index (χ4n) is 4.25. The Morgan fingerprint density at radius 2 is 1.47 bits per heavy atom. The van der Waals surface area contributed by atoms with Crippen molar-refractivity contribution < 1.29 is 4.79 Å². The zero-order valence-corrected chi connectivity index (χ0v) is 17.9. The summed E-state index contributed by atoms with van der Waals surface area (Å²) in [5, 5.41) is 4.67. The van der Waals surface area contributed by atoms with Crippen molar-refractivity contribution in [2.45, 2.75) is 33.4 Å². The highest BCUT2D eigenvalue weighted by Crippen LogP contribution is 2.19. The molecular weight excluding hydrogens is 372 g/mol. The molecule has 0 bridgehead atoms. The van der Waals surface area contributed by atoms with Gasteiger partial charge >= 0.3 is 0 Å². The first-order valence-electron chi connectivity index (χ1n) is 10.8. The van der Waals surface area contributed by atoms with E-state index in [-0.39, 0.29) is 5.91 Å². The third-order valence-corrected chi connectivity index (χ3v) is 5.90. The molecule has 2 aromatic carbocycles. The van der Waals surface area contributed by atoms with Crippen molar-refractivity contribution in [3.63, 3.8) is 0 Å². The van der Waals surface area contributed by atoms with Crippen LogP contribution in [0, 0.1) is 13.8 Å². The quantitative estimate of drug-likeness (QED) is 0.650. The predicted octanol–water partition coefficient (Wildman–Crippen LogP) is 3.90. The molecule has 1 aliphatic heterocycles. The molecule has 3 aromatic rings. The van der Waals surface area contributed by atoms with E-state index in [1.54, 1.807) is 0 Å². The topological polar surface area (TPSA) is 41.4 Å². The molecule has 1 fully saturated rings. The molecule has 0 spiro atoms. The lowest BCUT2D eigenvalue weighted by molar-refractivity contribution is 0.0759. The summed E-state index contributed by atoms with van der Waals surface area (Å²) < 4.78 is 1.96. The zero-order valence-electron chi connectivity index (χ0n) is 17.9. The number of hydrogen-bond donors (Lipinski definition) is 0. The Labute approximate surface area is 178 Å². The molecule has 1 aliphatic rings. The first-order chi connectivity index (χ1) is 14.6. The van der Waals surface area contributed by atoms with Crippen molar-refractivity contribution >= 4 is 5.91 Å². The van der Waals surface area contributed by atoms with Crippen molar-refractivity contribution in [2.24, 2.45) is 0 Å². The van der Waals surface area contributed by atoms with Crippen molar-refractivity contribution in [1.29, 1.82) is 0 Å². The molecule has 0 radical (unpaired) electrons. The van der Waals surface area contributed by atoms with Crippen LogP contribution in [0.3, 0.4) is 0 Å². The van der Waals surface area contributed by atoms with Crippen LogP contribution in [0.1, 0.15) is 39.3 Å². The maximum Gasteiger partial charge on any atom is 0.257 e. The normalized spacial score (nSPS) is 15.2. The summed E-state index contributed by atoms with van der Waals surface area (Å²) in [5.74, 6) is 0.117. The van der Waals surface area contributed by atoms with Gasteiger partial charge in [0.15, 0.2) is 0 Å². The van der Waals surface area contributed by atoms with E-state index in [0.29, 0.717) is 6.54 Å². The minimum absolute atomic E-state index is 0.117. The molecule has 0 saturated carbocycles. The molecule has 1 amide bonds. The van der Waals surface area contributed by atoms with Crippen LogP contribution in [0.25, 0.3) is 0 Å². The van der Waals surface area contributed by atoms with Gasteiger partial charge in [0.05, 0.1) is 17.8 Å². The van der Waals surface area contributed by atoms with Gasteiger partial charge in [-0.15, -0.1) is 0 Å². The summed E-state index contributed by atoms with van der Waals surface area (Å²) >= 11 is 0. The largest absolute Gasteiger partial charge is 0.337 e. The van der Waals surface area contributed by atoms with E-state index < -0.39 is 0 Å². The van der Waals surface area contributed by atoms with Crippen molar-refractivity contribution in [2.75, 3.05) is 26.2 Å². The first kappa shape index (κ1) is 20.4. The Kier molecular flexibility index (Phi) is 6.29. The molecule has 0 N–H and O–H groups in total. The van der Waals surface area contributed by atoms with Gasteiger partial charge in [-0.2, -0.15) is 5.10 Å². The molecule has 4 rings (SSSR count). The average molecular weight is 403 g/mol. The van der Waals surface area contributed by atoms with Gasteiger partial charge in [0.25, 0.3) is 5.91 Å². The van der Waals surface area contributed by atoms with Crippen LogP contribution in [0.4, 0.5) is 0 Å². The van der Waals surface area contributed by atoms with E-state index >= 15 is 0 Å². The fourth-order valence-corrected chi connectivity index (χ4v) is 4.25. The Balaban J connectivity index is 1.44. The predicted molar refractivity (Wildman–Crippen MR) is 119 cm³/mol. The van der Waals surface area contributed by atoms with Crippen molar-refractivity contribution in [1.82, 2.24) is 19.6 Å². The van der Waals surface area contributed by atoms with Crippen LogP contribution >= 0.6 is 0 Å². The van der Waals surface area contributed by atoms with Crippen LogP contribution in [-0.2, 0) is 13.1 Å². The monoisotopic (exact) mass is 402 g/mol. The summed E-state index contributed by atoms with van der Waals surface area (Å²) in [6.45, 7) is 9.06. The molecule has 0 atom stereocenters. The van der Waals surface area contributed by atoms with Gasteiger partial charge < -0.3 is 4.90 Å². The lowest BCUT2D eigenvalue weighted by Crippen LogP contribution is -2.35. The standard InChI is InChI=1S/C25H30N4O/c1-20-24(21(2)29(26-20)19-23-12-7-4-8-13-23)25(30)28-15-9-14-27(16-17-28)18-22-10-5-3-6-11-22/h3-8,10-13H,9,14-19H2,1-2H3. The summed E-state index contributed by atoms with van der Waals surface area (Å²) in [6.07, 6.45) is 0.995. The number of amides is 1. The third-order valence-electron chi connectivity index (χ3n) is 5.90. The van der Waals surface area contributed by atoms with Crippen LogP contribution in [0.15, 0.2) is 60.7 Å². The van der Waals surface area contributed by atoms with Crippen LogP contribution in [0.5, 0.6) is 0 Å². The Morgan fingerprint density at radius 1 is 0.833 bits per heavy atom. The van der Waals surface area contributed by atoms with Gasteiger partial charge in [0, 0.05) is 38.4 Å². The van der Waals surface area contributed by atoms with E-state index in [2.05, 4.69) is 52.5 Å². The van der Waals surface area contributed by atoms with E-state index in [1.807, 2.05) is 41.6 Å². The van der Waals surface area contributed by atoms with Crippen molar-refractivity contribution in [3.8, 4) is 0 Å². The smallest absolute Gasteiger partial charge is 0.257 e. The molecule has 5 heteroatoms. The molecule has 0 unspecified atom stereocenters. The average Bonchev–Trinajstić information content (AvgIpc) is 2.91. The fraction of sp³-hybridized carbons (Fsp3) is 0.360. The van der Waals surface area contributed by atoms with E-state index in [0.717, 1.165) is 56.1 Å². The first-order valence-corrected chi connectivity index (χ1v) is 10.8. The van der Waals surface area contributed by atoms with Gasteiger partial charge in [-0.3, -0.25) is 14.4 Å². The number of rotatable bonds is 5. The van der Waals surface area contributed by atoms with Gasteiger partial charge in [0.2, 0.25) is 0 Å². The Hall–Kier alpha value is -2.92. The maximum atomic E-state index is 13.4. The van der Waals surface area contributed by atoms with Crippen LogP contribution in [0.2, 0.25) is 0 Å². The van der Waals surface area contributed by atoms with Crippen LogP contribution < -0.4 is 0 Å². The van der Waals surface area contributed by atoms with Gasteiger partial charge in [-0.25, -0.2) is 0 Å². The van der Waals surface area contributed by atoms with Crippen LogP contribution in [-0.4, -0.2) is 51.7 Å². The highest BCUT2D eigenvalue weighted by atomic mass is 16.2. The molecule has 1 aromatic heterocycles. The van der Waals surface area contributed by atoms with E-state index in [1.165, 1.54) is 11.1 Å². The Bertz CT molecular complexity index is 981. The second-order valence-electron chi connectivity index (χ2n) is 8.10. The summed E-state index contributed by atoms with van der Waals surface area (Å²) in [4.78, 5) is 17.8. The second-order valence-corrected chi connectivity index (χ2v) is 8.10. The molecule has 0 aliphatic carbocycles. The molecular formula is C25H30N4O. The molecule has 2 heterocycles. The van der Waals surface area contributed by atoms with E-state index in [9.17, 15) is 4.79 Å². The highest BCUT2D eigenvalue weighted by molar-refractivity contribution is 5.96. The maximum absolute atomic E-state index is 13.4. The number of aromatic nitrogens is 2. The molecule has 30 heavy (non-hydrogen) atoms. The number of aryl methyl sites for hydroxylation is 1. The van der Waals surface area contributed by atoms with E-state index in [4.69, 9.17) is 0 Å². The highest BCUT2D eigenvalue weighted by Gasteiger charge is 2.25. The number of hydrogen-bond acceptors (Lipinski definition) is 3. The zero-order chi connectivity index (χ0) is 20.9. The lowest BCUT2D eigenvalue weighted by atomic mass is 10.1. The number of nitrogens with zero attached hydrogens (tertiary/aromatic N) is 4. The summed E-state index contributed by atoms with van der Waals surface area (Å²) in [7, 11) is 0. The second kappa shape index (κ2) is 9.26. The SMILES string of the molecule is Cc1nn(Cc2ccccc2)c(C)c1C(=O)N1CCCN(Cc2ccccc2)CC1. The minimum Gasteiger partial charge on any atom is -0.337 e. The number of carbonyl (C=O) groups excluding carboxylic acids is 1. The minimum atomic E-state index is 0.117. The third kappa shape index (κ3) is 4.62. The van der Waals surface area contributed by atoms with Gasteiger partial charge in [-0.1, -0.05) is 60.7 Å². The number of carbonyl (C=O) groups is 1. The van der Waals surface area contributed by atoms with Crippen molar-refractivity contribution in [3.05, 3.63) is 88.7 Å². The van der Waals surface area contributed by atoms with Gasteiger partial charge in [0.1, 0.15) is 0 Å². The number of benzene rings is 2. The Morgan fingerprint density at radius 3 is 2.13 bits per heavy atom. The summed E-state index contributed by atoms with van der Waals surface area (Å²) in [5.41, 5.74) is 5.05. The van der Waals surface area contributed by atoms with Gasteiger partial charge in [-0.05, 0) is 31.4 Å². The summed E-state index contributed by atoms with van der Waals surface area (Å²) in [6, 6.07) is 20.8. The lowest BCUT2D eigenvalue weighted by Gasteiger charge is -2.22. The molecule has 5 nitrogen and oxygen atoms in total. The molecule has 1 saturated heterocycles. The molecule has 156 valence electrons.